The zero-order chi connectivity index (χ0) is 16.2. The molecule has 0 bridgehead atoms. The number of rotatable bonds is 3. The Kier molecular flexibility index (Phi) is 7.35. The second-order valence-electron chi connectivity index (χ2n) is 6.78. The molecule has 6 heteroatoms. The third-order valence-corrected chi connectivity index (χ3v) is 5.44. The van der Waals surface area contributed by atoms with Gasteiger partial charge in [0, 0.05) is 43.8 Å². The molecule has 1 unspecified atom stereocenters. The first kappa shape index (κ1) is 19.5. The summed E-state index contributed by atoms with van der Waals surface area (Å²) in [6.07, 6.45) is 2.25. The van der Waals surface area contributed by atoms with E-state index in [2.05, 4.69) is 23.2 Å². The number of halogens is 2. The summed E-state index contributed by atoms with van der Waals surface area (Å²) in [6, 6.07) is 8.14. The molecule has 2 saturated heterocycles. The summed E-state index contributed by atoms with van der Waals surface area (Å²) >= 11 is 6.37. The van der Waals surface area contributed by atoms with Crippen LogP contribution in [0.5, 0.6) is 0 Å². The van der Waals surface area contributed by atoms with Gasteiger partial charge in [0.2, 0.25) is 5.91 Å². The molecular formula is C18H27Cl2N3O. The minimum atomic E-state index is 0. The Morgan fingerprint density at radius 1 is 1.25 bits per heavy atom. The third kappa shape index (κ3) is 4.63. The van der Waals surface area contributed by atoms with Gasteiger partial charge in [0.25, 0.3) is 0 Å². The minimum absolute atomic E-state index is 0. The largest absolute Gasteiger partial charge is 0.342 e. The van der Waals surface area contributed by atoms with E-state index < -0.39 is 0 Å². The molecule has 2 aliphatic heterocycles. The van der Waals surface area contributed by atoms with Gasteiger partial charge in [0.05, 0.1) is 6.54 Å². The van der Waals surface area contributed by atoms with E-state index in [0.717, 1.165) is 62.1 Å². The number of nitrogens with one attached hydrogen (secondary N) is 1. The van der Waals surface area contributed by atoms with E-state index in [0.29, 0.717) is 6.54 Å². The molecule has 0 spiro atoms. The number of amides is 1. The molecule has 1 aromatic rings. The van der Waals surface area contributed by atoms with Crippen LogP contribution >= 0.6 is 24.0 Å². The number of piperazine rings is 1. The highest BCUT2D eigenvalue weighted by Crippen LogP contribution is 2.28. The smallest absolute Gasteiger partial charge is 0.236 e. The second-order valence-corrected chi connectivity index (χ2v) is 7.18. The van der Waals surface area contributed by atoms with Gasteiger partial charge < -0.3 is 10.2 Å². The minimum Gasteiger partial charge on any atom is -0.342 e. The molecule has 134 valence electrons. The van der Waals surface area contributed by atoms with Crippen molar-refractivity contribution in [2.75, 3.05) is 39.3 Å². The fraction of sp³-hybridized carbons (Fsp3) is 0.611. The van der Waals surface area contributed by atoms with Gasteiger partial charge in [0.1, 0.15) is 0 Å². The molecule has 2 fully saturated rings. The summed E-state index contributed by atoms with van der Waals surface area (Å²) < 4.78 is 0. The molecule has 1 N–H and O–H groups in total. The normalized spacial score (nSPS) is 22.9. The molecule has 24 heavy (non-hydrogen) atoms. The number of hydrogen-bond acceptors (Lipinski definition) is 3. The average Bonchev–Trinajstić information content (AvgIpc) is 2.56. The van der Waals surface area contributed by atoms with Crippen molar-refractivity contribution < 1.29 is 4.79 Å². The summed E-state index contributed by atoms with van der Waals surface area (Å²) in [4.78, 5) is 17.0. The Balaban J connectivity index is 0.00000208. The van der Waals surface area contributed by atoms with Gasteiger partial charge in [-0.1, -0.05) is 36.7 Å². The molecule has 0 aromatic heterocycles. The number of nitrogens with zero attached hydrogens (tertiary/aromatic N) is 2. The van der Waals surface area contributed by atoms with Crippen molar-refractivity contribution in [3.63, 3.8) is 0 Å². The maximum atomic E-state index is 12.7. The van der Waals surface area contributed by atoms with E-state index >= 15 is 0 Å². The van der Waals surface area contributed by atoms with Gasteiger partial charge in [-0.15, -0.1) is 12.4 Å². The van der Waals surface area contributed by atoms with Crippen molar-refractivity contribution in [1.82, 2.24) is 15.1 Å². The Morgan fingerprint density at radius 3 is 2.67 bits per heavy atom. The Morgan fingerprint density at radius 2 is 1.96 bits per heavy atom. The molecule has 3 rings (SSSR count). The van der Waals surface area contributed by atoms with Crippen molar-refractivity contribution in [3.8, 4) is 0 Å². The average molecular weight is 372 g/mol. The molecule has 1 amide bonds. The van der Waals surface area contributed by atoms with Crippen LogP contribution < -0.4 is 5.32 Å². The Labute approximate surface area is 155 Å². The van der Waals surface area contributed by atoms with Crippen LogP contribution in [0.3, 0.4) is 0 Å². The van der Waals surface area contributed by atoms with Crippen molar-refractivity contribution in [3.05, 3.63) is 34.9 Å². The van der Waals surface area contributed by atoms with Gasteiger partial charge in [-0.2, -0.15) is 0 Å². The zero-order valence-electron chi connectivity index (χ0n) is 14.2. The Bertz CT molecular complexity index is 547. The predicted molar refractivity (Wildman–Crippen MR) is 101 cm³/mol. The molecule has 1 aromatic carbocycles. The highest BCUT2D eigenvalue weighted by molar-refractivity contribution is 6.31. The lowest BCUT2D eigenvalue weighted by Gasteiger charge is -2.38. The number of carbonyl (C=O) groups is 1. The maximum absolute atomic E-state index is 12.7. The maximum Gasteiger partial charge on any atom is 0.236 e. The van der Waals surface area contributed by atoms with Crippen LogP contribution in [-0.4, -0.2) is 55.0 Å². The van der Waals surface area contributed by atoms with E-state index in [1.54, 1.807) is 0 Å². The van der Waals surface area contributed by atoms with Crippen LogP contribution in [0, 0.1) is 5.92 Å². The lowest BCUT2D eigenvalue weighted by molar-refractivity contribution is -0.134. The summed E-state index contributed by atoms with van der Waals surface area (Å²) in [7, 11) is 0. The predicted octanol–water partition coefficient (Wildman–Crippen LogP) is 2.97. The number of hydrogen-bond donors (Lipinski definition) is 1. The molecule has 2 aliphatic rings. The first-order valence-corrected chi connectivity index (χ1v) is 9.00. The van der Waals surface area contributed by atoms with Crippen LogP contribution in [-0.2, 0) is 4.79 Å². The first-order chi connectivity index (χ1) is 11.1. The number of carbonyl (C=O) groups excluding carboxylic acids is 1. The van der Waals surface area contributed by atoms with Crippen molar-refractivity contribution >= 4 is 29.9 Å². The lowest BCUT2D eigenvalue weighted by atomic mass is 9.99. The highest BCUT2D eigenvalue weighted by Gasteiger charge is 2.29. The van der Waals surface area contributed by atoms with E-state index in [4.69, 9.17) is 11.6 Å². The van der Waals surface area contributed by atoms with Gasteiger partial charge in [0.15, 0.2) is 0 Å². The van der Waals surface area contributed by atoms with Crippen LogP contribution in [0.4, 0.5) is 0 Å². The molecule has 4 nitrogen and oxygen atoms in total. The summed E-state index contributed by atoms with van der Waals surface area (Å²) in [5.41, 5.74) is 1.11. The SMILES string of the molecule is CC1CCN(C(=O)CN2CCNCC2c2ccccc2Cl)CC1.Cl. The second kappa shape index (κ2) is 9.04. The topological polar surface area (TPSA) is 35.6 Å². The molecule has 0 aliphatic carbocycles. The fourth-order valence-electron chi connectivity index (χ4n) is 3.52. The van der Waals surface area contributed by atoms with Crippen molar-refractivity contribution in [2.24, 2.45) is 5.92 Å². The quantitative estimate of drug-likeness (QED) is 0.886. The standard InChI is InChI=1S/C18H26ClN3O.ClH/c1-14-6-9-21(10-7-14)18(23)13-22-11-8-20-12-17(22)15-4-2-3-5-16(15)19;/h2-5,14,17,20H,6-13H2,1H3;1H. The molecule has 0 radical (unpaired) electrons. The number of benzene rings is 1. The summed E-state index contributed by atoms with van der Waals surface area (Å²) in [5.74, 6) is 1.00. The van der Waals surface area contributed by atoms with Crippen LogP contribution in [0.1, 0.15) is 31.4 Å². The van der Waals surface area contributed by atoms with E-state index in [9.17, 15) is 4.79 Å². The van der Waals surface area contributed by atoms with Crippen molar-refractivity contribution in [2.45, 2.75) is 25.8 Å². The van der Waals surface area contributed by atoms with Gasteiger partial charge in [-0.25, -0.2) is 0 Å². The molecule has 1 atom stereocenters. The lowest BCUT2D eigenvalue weighted by Crippen LogP contribution is -2.51. The van der Waals surface area contributed by atoms with Crippen LogP contribution in [0.25, 0.3) is 0 Å². The summed E-state index contributed by atoms with van der Waals surface area (Å²) in [6.45, 7) is 7.22. The highest BCUT2D eigenvalue weighted by atomic mass is 35.5. The molecule has 2 heterocycles. The van der Waals surface area contributed by atoms with Crippen LogP contribution in [0.2, 0.25) is 5.02 Å². The molecular weight excluding hydrogens is 345 g/mol. The number of likely N-dealkylation sites (tertiary alicyclic amines) is 1. The fourth-order valence-corrected chi connectivity index (χ4v) is 3.78. The monoisotopic (exact) mass is 371 g/mol. The van der Waals surface area contributed by atoms with Gasteiger partial charge >= 0.3 is 0 Å². The van der Waals surface area contributed by atoms with E-state index in [-0.39, 0.29) is 24.4 Å². The van der Waals surface area contributed by atoms with Crippen molar-refractivity contribution in [1.29, 1.82) is 0 Å². The zero-order valence-corrected chi connectivity index (χ0v) is 15.8. The van der Waals surface area contributed by atoms with E-state index in [1.165, 1.54) is 0 Å². The molecule has 0 saturated carbocycles. The Hall–Kier alpha value is -0.810. The first-order valence-electron chi connectivity index (χ1n) is 8.62. The van der Waals surface area contributed by atoms with Crippen LogP contribution in [0.15, 0.2) is 24.3 Å². The number of piperidine rings is 1. The van der Waals surface area contributed by atoms with Gasteiger partial charge in [-0.3, -0.25) is 9.69 Å². The van der Waals surface area contributed by atoms with E-state index in [1.807, 2.05) is 23.1 Å². The third-order valence-electron chi connectivity index (χ3n) is 5.09. The van der Waals surface area contributed by atoms with Gasteiger partial charge in [-0.05, 0) is 30.4 Å². The summed E-state index contributed by atoms with van der Waals surface area (Å²) in [5, 5.41) is 4.21.